The molecule has 1 amide bonds. The van der Waals surface area contributed by atoms with E-state index in [0.29, 0.717) is 5.56 Å². The van der Waals surface area contributed by atoms with Crippen molar-refractivity contribution < 1.29 is 28.3 Å². The van der Waals surface area contributed by atoms with Crippen molar-refractivity contribution in [2.75, 3.05) is 11.9 Å². The molecule has 1 atom stereocenters. The SMILES string of the molecule is Cc1cc(NC(=O)[C@@](C)(O)COc2ccc(F)c(F)c2)ccc1[N+](=O)[O-]. The Kier molecular flexibility index (Phi) is 5.51. The Morgan fingerprint density at radius 3 is 2.54 bits per heavy atom. The van der Waals surface area contributed by atoms with Crippen molar-refractivity contribution in [1.29, 1.82) is 0 Å². The maximum atomic E-state index is 13.1. The first-order valence-corrected chi connectivity index (χ1v) is 7.47. The van der Waals surface area contributed by atoms with Gasteiger partial charge in [-0.2, -0.15) is 0 Å². The highest BCUT2D eigenvalue weighted by Crippen LogP contribution is 2.23. The third kappa shape index (κ3) is 4.51. The Morgan fingerprint density at radius 2 is 1.96 bits per heavy atom. The summed E-state index contributed by atoms with van der Waals surface area (Å²) >= 11 is 0. The Hall–Kier alpha value is -3.07. The van der Waals surface area contributed by atoms with Crippen LogP contribution in [0.15, 0.2) is 36.4 Å². The maximum absolute atomic E-state index is 13.1. The Morgan fingerprint density at radius 1 is 1.27 bits per heavy atom. The average molecular weight is 366 g/mol. The van der Waals surface area contributed by atoms with Crippen LogP contribution in [0.4, 0.5) is 20.2 Å². The number of nitrogens with zero attached hydrogens (tertiary/aromatic N) is 1. The van der Waals surface area contributed by atoms with Gasteiger partial charge in [0.05, 0.1) is 4.92 Å². The van der Waals surface area contributed by atoms with Gasteiger partial charge in [0.15, 0.2) is 17.2 Å². The summed E-state index contributed by atoms with van der Waals surface area (Å²) in [5.74, 6) is -3.04. The fraction of sp³-hybridized carbons (Fsp3) is 0.235. The Labute approximate surface area is 147 Å². The Bertz CT molecular complexity index is 855. The lowest BCUT2D eigenvalue weighted by Gasteiger charge is -2.22. The molecular formula is C17H16F2N2O5. The highest BCUT2D eigenvalue weighted by atomic mass is 19.2. The first-order valence-electron chi connectivity index (χ1n) is 7.47. The number of carbonyl (C=O) groups excluding carboxylic acids is 1. The van der Waals surface area contributed by atoms with Gasteiger partial charge in [0, 0.05) is 23.4 Å². The van der Waals surface area contributed by atoms with E-state index in [1.807, 2.05) is 0 Å². The number of nitro benzene ring substituents is 1. The van der Waals surface area contributed by atoms with E-state index in [1.54, 1.807) is 0 Å². The van der Waals surface area contributed by atoms with Crippen LogP contribution in [-0.4, -0.2) is 28.1 Å². The molecule has 0 heterocycles. The second-order valence-electron chi connectivity index (χ2n) is 5.85. The molecule has 0 spiro atoms. The molecule has 138 valence electrons. The summed E-state index contributed by atoms with van der Waals surface area (Å²) in [5, 5.41) is 23.4. The highest BCUT2D eigenvalue weighted by Gasteiger charge is 2.32. The molecule has 0 fully saturated rings. The average Bonchev–Trinajstić information content (AvgIpc) is 2.55. The molecule has 2 aromatic carbocycles. The molecule has 0 saturated carbocycles. The topological polar surface area (TPSA) is 102 Å². The third-order valence-corrected chi connectivity index (χ3v) is 3.55. The minimum atomic E-state index is -1.99. The lowest BCUT2D eigenvalue weighted by Crippen LogP contribution is -2.45. The van der Waals surface area contributed by atoms with Gasteiger partial charge >= 0.3 is 0 Å². The molecule has 2 rings (SSSR count). The second kappa shape index (κ2) is 7.44. The number of rotatable bonds is 6. The fourth-order valence-corrected chi connectivity index (χ4v) is 2.06. The van der Waals surface area contributed by atoms with Crippen LogP contribution in [0.1, 0.15) is 12.5 Å². The molecule has 0 aliphatic rings. The van der Waals surface area contributed by atoms with E-state index >= 15 is 0 Å². The van der Waals surface area contributed by atoms with Crippen molar-refractivity contribution in [3.63, 3.8) is 0 Å². The molecule has 26 heavy (non-hydrogen) atoms. The smallest absolute Gasteiger partial charge is 0.272 e. The number of amides is 1. The molecule has 7 nitrogen and oxygen atoms in total. The summed E-state index contributed by atoms with van der Waals surface area (Å²) in [6, 6.07) is 6.77. The van der Waals surface area contributed by atoms with E-state index in [-0.39, 0.29) is 17.1 Å². The lowest BCUT2D eigenvalue weighted by atomic mass is 10.1. The minimum Gasteiger partial charge on any atom is -0.490 e. The summed E-state index contributed by atoms with van der Waals surface area (Å²) in [6.45, 7) is 2.18. The quantitative estimate of drug-likeness (QED) is 0.605. The first kappa shape index (κ1) is 19.3. The number of anilines is 1. The molecule has 2 N–H and O–H groups in total. The number of hydrogen-bond acceptors (Lipinski definition) is 5. The normalized spacial score (nSPS) is 13.0. The highest BCUT2D eigenvalue weighted by molar-refractivity contribution is 5.97. The molecule has 0 bridgehead atoms. The van der Waals surface area contributed by atoms with E-state index in [4.69, 9.17) is 4.74 Å². The van der Waals surface area contributed by atoms with Crippen molar-refractivity contribution in [1.82, 2.24) is 0 Å². The third-order valence-electron chi connectivity index (χ3n) is 3.55. The Balaban J connectivity index is 2.03. The molecule has 0 saturated heterocycles. The zero-order chi connectivity index (χ0) is 19.5. The summed E-state index contributed by atoms with van der Waals surface area (Å²) in [5.41, 5.74) is -1.49. The van der Waals surface area contributed by atoms with Crippen LogP contribution in [-0.2, 0) is 4.79 Å². The first-order chi connectivity index (χ1) is 12.1. The van der Waals surface area contributed by atoms with E-state index in [2.05, 4.69) is 5.32 Å². The van der Waals surface area contributed by atoms with Gasteiger partial charge in [-0.05, 0) is 38.1 Å². The summed E-state index contributed by atoms with van der Waals surface area (Å²) < 4.78 is 31.1. The van der Waals surface area contributed by atoms with Gasteiger partial charge in [0.25, 0.3) is 11.6 Å². The zero-order valence-electron chi connectivity index (χ0n) is 14.0. The van der Waals surface area contributed by atoms with Gasteiger partial charge in [0.2, 0.25) is 0 Å². The number of nitrogens with one attached hydrogen (secondary N) is 1. The van der Waals surface area contributed by atoms with Crippen molar-refractivity contribution in [2.24, 2.45) is 0 Å². The van der Waals surface area contributed by atoms with Crippen molar-refractivity contribution >= 4 is 17.3 Å². The van der Waals surface area contributed by atoms with Gasteiger partial charge in [-0.25, -0.2) is 8.78 Å². The largest absolute Gasteiger partial charge is 0.490 e. The number of benzene rings is 2. The second-order valence-corrected chi connectivity index (χ2v) is 5.85. The zero-order valence-corrected chi connectivity index (χ0v) is 14.0. The summed E-state index contributed by atoms with van der Waals surface area (Å²) in [6.07, 6.45) is 0. The van der Waals surface area contributed by atoms with Crippen LogP contribution in [0, 0.1) is 28.7 Å². The molecule has 0 radical (unpaired) electrons. The maximum Gasteiger partial charge on any atom is 0.272 e. The predicted molar refractivity (Wildman–Crippen MR) is 88.9 cm³/mol. The number of nitro groups is 1. The van der Waals surface area contributed by atoms with Gasteiger partial charge in [0.1, 0.15) is 12.4 Å². The molecule has 2 aromatic rings. The predicted octanol–water partition coefficient (Wildman–Crippen LogP) is 2.95. The van der Waals surface area contributed by atoms with E-state index in [9.17, 15) is 28.8 Å². The lowest BCUT2D eigenvalue weighted by molar-refractivity contribution is -0.385. The van der Waals surface area contributed by atoms with Gasteiger partial charge in [-0.3, -0.25) is 14.9 Å². The van der Waals surface area contributed by atoms with Gasteiger partial charge in [-0.1, -0.05) is 0 Å². The standard InChI is InChI=1S/C17H16F2N2O5/c1-10-7-11(3-6-15(10)21(24)25)20-16(22)17(2,23)9-26-12-4-5-13(18)14(19)8-12/h3-8,23H,9H2,1-2H3,(H,20,22)/t17-/m0/s1. The molecular weight excluding hydrogens is 350 g/mol. The number of carbonyl (C=O) groups is 1. The van der Waals surface area contributed by atoms with Crippen LogP contribution >= 0.6 is 0 Å². The number of aliphatic hydroxyl groups is 1. The van der Waals surface area contributed by atoms with Crippen molar-refractivity contribution in [2.45, 2.75) is 19.4 Å². The summed E-state index contributed by atoms with van der Waals surface area (Å²) in [4.78, 5) is 22.4. The van der Waals surface area contributed by atoms with Gasteiger partial charge < -0.3 is 15.2 Å². The van der Waals surface area contributed by atoms with E-state index in [0.717, 1.165) is 18.2 Å². The molecule has 0 aliphatic heterocycles. The minimum absolute atomic E-state index is 0.0526. The van der Waals surface area contributed by atoms with Crippen molar-refractivity contribution in [3.8, 4) is 5.75 Å². The molecule has 0 aliphatic carbocycles. The van der Waals surface area contributed by atoms with Crippen LogP contribution in [0.25, 0.3) is 0 Å². The van der Waals surface area contributed by atoms with E-state index < -0.39 is 34.7 Å². The molecule has 0 unspecified atom stereocenters. The summed E-state index contributed by atoms with van der Waals surface area (Å²) in [7, 11) is 0. The van der Waals surface area contributed by atoms with Crippen LogP contribution < -0.4 is 10.1 Å². The van der Waals surface area contributed by atoms with Crippen LogP contribution in [0.5, 0.6) is 5.75 Å². The van der Waals surface area contributed by atoms with E-state index in [1.165, 1.54) is 32.0 Å². The van der Waals surface area contributed by atoms with Gasteiger partial charge in [-0.15, -0.1) is 0 Å². The van der Waals surface area contributed by atoms with Crippen molar-refractivity contribution in [3.05, 3.63) is 63.7 Å². The fourth-order valence-electron chi connectivity index (χ4n) is 2.06. The number of hydrogen-bond donors (Lipinski definition) is 2. The molecule has 9 heteroatoms. The monoisotopic (exact) mass is 366 g/mol. The number of aryl methyl sites for hydroxylation is 1. The molecule has 0 aromatic heterocycles. The van der Waals surface area contributed by atoms with Crippen LogP contribution in [0.3, 0.4) is 0 Å². The van der Waals surface area contributed by atoms with Crippen LogP contribution in [0.2, 0.25) is 0 Å². The number of halogens is 2. The number of ether oxygens (including phenoxy) is 1.